The van der Waals surface area contributed by atoms with Crippen LogP contribution < -0.4 is 10.8 Å². The van der Waals surface area contributed by atoms with Crippen LogP contribution in [0.1, 0.15) is 89.4 Å². The van der Waals surface area contributed by atoms with Crippen molar-refractivity contribution in [2.75, 3.05) is 0 Å². The quantitative estimate of drug-likeness (QED) is 0.343. The Kier molecular flexibility index (Phi) is 7.24. The second kappa shape index (κ2) is 10.7. The van der Waals surface area contributed by atoms with Crippen molar-refractivity contribution in [2.45, 2.75) is 89.9 Å². The highest BCUT2D eigenvalue weighted by molar-refractivity contribution is 6.30. The summed E-state index contributed by atoms with van der Waals surface area (Å²) in [5, 5.41) is 15.4. The smallest absolute Gasteiger partial charge is 0.382 e. The molecule has 2 atom stereocenters. The Balaban J connectivity index is 1.55. The molecule has 1 amide bonds. The van der Waals surface area contributed by atoms with Gasteiger partial charge in [-0.05, 0) is 62.5 Å². The van der Waals surface area contributed by atoms with Gasteiger partial charge in [0.1, 0.15) is 22.6 Å². The zero-order chi connectivity index (χ0) is 27.1. The largest absolute Gasteiger partial charge is 0.427 e. The summed E-state index contributed by atoms with van der Waals surface area (Å²) in [6.45, 7) is 5.00. The zero-order valence-corrected chi connectivity index (χ0v) is 23.4. The van der Waals surface area contributed by atoms with Gasteiger partial charge in [-0.25, -0.2) is 19.7 Å². The van der Waals surface area contributed by atoms with E-state index >= 15 is 0 Å². The van der Waals surface area contributed by atoms with E-state index in [-0.39, 0.29) is 5.92 Å². The molecule has 39 heavy (non-hydrogen) atoms. The van der Waals surface area contributed by atoms with Crippen LogP contribution in [0.4, 0.5) is 4.79 Å². The molecule has 1 aliphatic heterocycles. The summed E-state index contributed by atoms with van der Waals surface area (Å²) >= 11 is 6.43. The molecule has 3 fully saturated rings. The van der Waals surface area contributed by atoms with Crippen molar-refractivity contribution < 1.29 is 14.7 Å². The lowest BCUT2D eigenvalue weighted by Gasteiger charge is -2.36. The minimum absolute atomic E-state index is 0.124. The van der Waals surface area contributed by atoms with Crippen molar-refractivity contribution >= 4 is 28.9 Å². The number of nitrogens with one attached hydrogen (secondary N) is 2. The highest BCUT2D eigenvalue weighted by Crippen LogP contribution is 2.42. The third kappa shape index (κ3) is 5.24. The molecule has 10 heteroatoms. The van der Waals surface area contributed by atoms with E-state index in [1.54, 1.807) is 0 Å². The van der Waals surface area contributed by atoms with Gasteiger partial charge in [-0.2, -0.15) is 0 Å². The number of hydrogen-bond acceptors (Lipinski definition) is 7. The Bertz CT molecular complexity index is 1360. The lowest BCUT2D eigenvalue weighted by Crippen LogP contribution is -2.37. The number of imidazole rings is 1. The number of hydroxylamine groups is 1. The number of amides is 1. The lowest BCUT2D eigenvalue weighted by atomic mass is 9.77. The maximum absolute atomic E-state index is 12.1. The van der Waals surface area contributed by atoms with E-state index < -0.39 is 17.9 Å². The molecule has 2 unspecified atom stereocenters. The molecular weight excluding hydrogens is 516 g/mol. The highest BCUT2D eigenvalue weighted by Gasteiger charge is 2.40. The van der Waals surface area contributed by atoms with Crippen LogP contribution in [0.5, 0.6) is 0 Å². The van der Waals surface area contributed by atoms with Gasteiger partial charge in [0.25, 0.3) is 0 Å². The molecule has 3 aromatic rings. The van der Waals surface area contributed by atoms with Crippen LogP contribution >= 0.6 is 11.6 Å². The fourth-order valence-corrected chi connectivity index (χ4v) is 6.80. The third-order valence-corrected chi connectivity index (χ3v) is 9.17. The SMILES string of the molecule is CC1CCC(Cn2c(C(C)(O)C3CCCCC3)nc3nc(C4NOC(=O)N4)nc(-c4cccc(Cl)c4)c32)CC1. The van der Waals surface area contributed by atoms with Gasteiger partial charge >= 0.3 is 6.09 Å². The monoisotopic (exact) mass is 552 g/mol. The fourth-order valence-electron chi connectivity index (χ4n) is 6.61. The standard InChI is InChI=1S/C29H37ClN6O3/c1-17-11-13-18(14-12-17)16-36-23-22(19-7-6-10-21(30)15-19)31-25(26-34-28(37)39-35-26)32-24(23)33-27(36)29(2,38)20-8-4-3-5-9-20/h6-7,10,15,17-18,20,26,35,38H,3-5,8-9,11-14,16H2,1-2H3,(H,34,37). The maximum atomic E-state index is 12.1. The predicted octanol–water partition coefficient (Wildman–Crippen LogP) is 6.00. The summed E-state index contributed by atoms with van der Waals surface area (Å²) in [7, 11) is 0. The summed E-state index contributed by atoms with van der Waals surface area (Å²) in [6.07, 6.45) is 8.80. The molecule has 0 spiro atoms. The summed E-state index contributed by atoms with van der Waals surface area (Å²) in [5.41, 5.74) is 4.32. The number of carbonyl (C=O) groups excluding carboxylic acids is 1. The number of aliphatic hydroxyl groups is 1. The molecule has 208 valence electrons. The van der Waals surface area contributed by atoms with E-state index in [1.165, 1.54) is 19.3 Å². The number of rotatable bonds is 6. The van der Waals surface area contributed by atoms with E-state index in [0.717, 1.165) is 62.1 Å². The van der Waals surface area contributed by atoms with E-state index in [1.807, 2.05) is 31.2 Å². The molecule has 2 saturated carbocycles. The van der Waals surface area contributed by atoms with Gasteiger partial charge in [-0.15, -0.1) is 5.48 Å². The van der Waals surface area contributed by atoms with Gasteiger partial charge in [-0.3, -0.25) is 5.32 Å². The first kappa shape index (κ1) is 26.5. The van der Waals surface area contributed by atoms with Gasteiger partial charge in [0.05, 0.1) is 0 Å². The van der Waals surface area contributed by atoms with Crippen molar-refractivity contribution in [3.05, 3.63) is 40.9 Å². The molecule has 2 aliphatic carbocycles. The van der Waals surface area contributed by atoms with E-state index in [9.17, 15) is 9.90 Å². The molecule has 2 aromatic heterocycles. The van der Waals surface area contributed by atoms with Crippen molar-refractivity contribution in [1.29, 1.82) is 0 Å². The van der Waals surface area contributed by atoms with Crippen LogP contribution in [-0.2, 0) is 17.0 Å². The summed E-state index contributed by atoms with van der Waals surface area (Å²) in [4.78, 5) is 31.5. The molecule has 9 nitrogen and oxygen atoms in total. The minimum Gasteiger partial charge on any atom is -0.382 e. The van der Waals surface area contributed by atoms with Crippen molar-refractivity contribution in [2.24, 2.45) is 17.8 Å². The minimum atomic E-state index is -1.11. The number of aromatic nitrogens is 4. The second-order valence-electron chi connectivity index (χ2n) is 11.9. The van der Waals surface area contributed by atoms with Gasteiger partial charge in [0.15, 0.2) is 17.6 Å². The third-order valence-electron chi connectivity index (χ3n) is 8.94. The van der Waals surface area contributed by atoms with Crippen molar-refractivity contribution in [3.8, 4) is 11.3 Å². The Morgan fingerprint density at radius 1 is 1.10 bits per heavy atom. The zero-order valence-electron chi connectivity index (χ0n) is 22.6. The van der Waals surface area contributed by atoms with Crippen molar-refractivity contribution in [3.63, 3.8) is 0 Å². The van der Waals surface area contributed by atoms with E-state index in [0.29, 0.717) is 33.9 Å². The first-order valence-electron chi connectivity index (χ1n) is 14.3. The van der Waals surface area contributed by atoms with Crippen LogP contribution in [0.25, 0.3) is 22.4 Å². The lowest BCUT2D eigenvalue weighted by molar-refractivity contribution is -0.0322. The van der Waals surface area contributed by atoms with E-state index in [2.05, 4.69) is 22.3 Å². The normalized spacial score (nSPS) is 25.8. The topological polar surface area (TPSA) is 114 Å². The maximum Gasteiger partial charge on any atom is 0.427 e. The van der Waals surface area contributed by atoms with Crippen LogP contribution in [-0.4, -0.2) is 30.7 Å². The summed E-state index contributed by atoms with van der Waals surface area (Å²) in [5.74, 6) is 2.34. The van der Waals surface area contributed by atoms with Crippen LogP contribution in [0.2, 0.25) is 5.02 Å². The first-order chi connectivity index (χ1) is 18.8. The number of benzene rings is 1. The molecular formula is C29H37ClN6O3. The molecule has 3 heterocycles. The van der Waals surface area contributed by atoms with E-state index in [4.69, 9.17) is 31.4 Å². The number of halogens is 1. The van der Waals surface area contributed by atoms with Gasteiger partial charge in [0, 0.05) is 17.1 Å². The highest BCUT2D eigenvalue weighted by atomic mass is 35.5. The number of carbonyl (C=O) groups is 1. The number of hydrogen-bond donors (Lipinski definition) is 3. The molecule has 1 aromatic carbocycles. The second-order valence-corrected chi connectivity index (χ2v) is 12.3. The molecule has 3 aliphatic rings. The molecule has 6 rings (SSSR count). The molecule has 3 N–H and O–H groups in total. The Morgan fingerprint density at radius 3 is 2.56 bits per heavy atom. The Hall–Kier alpha value is -2.75. The molecule has 0 radical (unpaired) electrons. The predicted molar refractivity (Wildman–Crippen MR) is 149 cm³/mol. The molecule has 1 saturated heterocycles. The van der Waals surface area contributed by atoms with Crippen molar-refractivity contribution in [1.82, 2.24) is 30.3 Å². The Morgan fingerprint density at radius 2 is 1.87 bits per heavy atom. The van der Waals surface area contributed by atoms with Crippen LogP contribution in [0.3, 0.4) is 0 Å². The Labute approximate surface area is 233 Å². The average Bonchev–Trinajstić information content (AvgIpc) is 3.54. The van der Waals surface area contributed by atoms with Gasteiger partial charge in [0.2, 0.25) is 0 Å². The van der Waals surface area contributed by atoms with Crippen LogP contribution in [0.15, 0.2) is 24.3 Å². The van der Waals surface area contributed by atoms with Gasteiger partial charge in [-0.1, -0.05) is 62.8 Å². The molecule has 0 bridgehead atoms. The summed E-state index contributed by atoms with van der Waals surface area (Å²) < 4.78 is 2.20. The average molecular weight is 553 g/mol. The summed E-state index contributed by atoms with van der Waals surface area (Å²) in [6, 6.07) is 7.57. The fraction of sp³-hybridized carbons (Fsp3) is 0.586. The number of fused-ring (bicyclic) bond motifs is 1. The number of nitrogens with zero attached hydrogens (tertiary/aromatic N) is 4. The van der Waals surface area contributed by atoms with Crippen LogP contribution in [0, 0.1) is 17.8 Å². The van der Waals surface area contributed by atoms with Gasteiger partial charge < -0.3 is 14.5 Å². The first-order valence-corrected chi connectivity index (χ1v) is 14.7.